The summed E-state index contributed by atoms with van der Waals surface area (Å²) in [6.07, 6.45) is 0. The third-order valence-corrected chi connectivity index (χ3v) is 8.87. The monoisotopic (exact) mass is 523 g/mol. The maximum atomic E-state index is 6.61. The second kappa shape index (κ2) is 8.33. The van der Waals surface area contributed by atoms with Crippen LogP contribution in [0.5, 0.6) is 11.5 Å². The molecule has 0 atom stereocenters. The van der Waals surface area contributed by atoms with Crippen LogP contribution in [0, 0.1) is 0 Å². The van der Waals surface area contributed by atoms with Gasteiger partial charge >= 0.3 is 0 Å². The molecule has 0 N–H and O–H groups in total. The molecule has 9 rings (SSSR count). The second-order valence-electron chi connectivity index (χ2n) is 10.9. The third-order valence-electron chi connectivity index (χ3n) is 8.87. The van der Waals surface area contributed by atoms with Crippen LogP contribution in [0.15, 0.2) is 152 Å². The van der Waals surface area contributed by atoms with E-state index in [2.05, 4.69) is 157 Å². The minimum atomic E-state index is -0.574. The minimum Gasteiger partial charge on any atom is -0.457 e. The highest BCUT2D eigenvalue weighted by molar-refractivity contribution is 6.10. The van der Waals surface area contributed by atoms with Gasteiger partial charge in [-0.15, -0.1) is 0 Å². The fourth-order valence-electron chi connectivity index (χ4n) is 7.26. The number of nitrogens with zero attached hydrogens (tertiary/aromatic N) is 1. The number of anilines is 3. The van der Waals surface area contributed by atoms with Gasteiger partial charge in [0.15, 0.2) is 0 Å². The number of hydrogen-bond acceptors (Lipinski definition) is 2. The number of para-hydroxylation sites is 3. The van der Waals surface area contributed by atoms with Crippen LogP contribution in [-0.4, -0.2) is 0 Å². The van der Waals surface area contributed by atoms with Gasteiger partial charge in [-0.2, -0.15) is 0 Å². The van der Waals surface area contributed by atoms with Crippen LogP contribution in [0.2, 0.25) is 0 Å². The SMILES string of the molecule is c1ccc(N2c3c(ccc4ccccc34)C3(c4ccccc4Oc4ccccc43)c3ccc4ccccc4c32)cc1. The summed E-state index contributed by atoms with van der Waals surface area (Å²) < 4.78 is 6.61. The van der Waals surface area contributed by atoms with Crippen LogP contribution < -0.4 is 9.64 Å². The smallest absolute Gasteiger partial charge is 0.132 e. The Kier molecular flexibility index (Phi) is 4.57. The van der Waals surface area contributed by atoms with Crippen molar-refractivity contribution in [2.45, 2.75) is 5.41 Å². The van der Waals surface area contributed by atoms with Crippen molar-refractivity contribution in [2.75, 3.05) is 4.90 Å². The molecule has 2 heteroatoms. The van der Waals surface area contributed by atoms with E-state index < -0.39 is 5.41 Å². The van der Waals surface area contributed by atoms with Gasteiger partial charge in [-0.05, 0) is 46.2 Å². The lowest BCUT2D eigenvalue weighted by atomic mass is 9.60. The third kappa shape index (κ3) is 2.91. The zero-order valence-electron chi connectivity index (χ0n) is 22.3. The van der Waals surface area contributed by atoms with Crippen molar-refractivity contribution in [2.24, 2.45) is 0 Å². The van der Waals surface area contributed by atoms with Gasteiger partial charge in [-0.25, -0.2) is 0 Å². The Morgan fingerprint density at radius 1 is 0.390 bits per heavy atom. The summed E-state index contributed by atoms with van der Waals surface area (Å²) in [7, 11) is 0. The molecule has 0 amide bonds. The summed E-state index contributed by atoms with van der Waals surface area (Å²) in [6.45, 7) is 0. The number of benzene rings is 7. The molecular formula is C39H25NO. The Hall–Kier alpha value is -5.34. The number of fused-ring (bicyclic) bond motifs is 12. The Morgan fingerprint density at radius 2 is 0.854 bits per heavy atom. The van der Waals surface area contributed by atoms with Gasteiger partial charge in [0.05, 0.1) is 16.8 Å². The quantitative estimate of drug-likeness (QED) is 0.212. The van der Waals surface area contributed by atoms with Crippen molar-refractivity contribution in [3.63, 3.8) is 0 Å². The number of ether oxygens (including phenoxy) is 1. The summed E-state index contributed by atoms with van der Waals surface area (Å²) >= 11 is 0. The fraction of sp³-hybridized carbons (Fsp3) is 0.0256. The van der Waals surface area contributed by atoms with Gasteiger partial charge in [0.2, 0.25) is 0 Å². The molecule has 0 unspecified atom stereocenters. The van der Waals surface area contributed by atoms with Crippen molar-refractivity contribution in [1.29, 1.82) is 0 Å². The molecule has 192 valence electrons. The van der Waals surface area contributed by atoms with Gasteiger partial charge in [0.1, 0.15) is 11.5 Å². The highest BCUT2D eigenvalue weighted by Crippen LogP contribution is 2.64. The van der Waals surface area contributed by atoms with Crippen molar-refractivity contribution >= 4 is 38.6 Å². The zero-order chi connectivity index (χ0) is 27.0. The van der Waals surface area contributed by atoms with E-state index >= 15 is 0 Å². The Morgan fingerprint density at radius 3 is 1.41 bits per heavy atom. The molecule has 2 aliphatic heterocycles. The van der Waals surface area contributed by atoms with Crippen LogP contribution in [0.4, 0.5) is 17.1 Å². The predicted octanol–water partition coefficient (Wildman–Crippen LogP) is 10.3. The van der Waals surface area contributed by atoms with Gasteiger partial charge in [0, 0.05) is 27.6 Å². The van der Waals surface area contributed by atoms with E-state index in [0.717, 1.165) is 17.2 Å². The van der Waals surface area contributed by atoms with Gasteiger partial charge in [-0.3, -0.25) is 0 Å². The normalized spacial score (nSPS) is 14.2. The molecule has 7 aromatic carbocycles. The minimum absolute atomic E-state index is 0.574. The molecule has 0 bridgehead atoms. The van der Waals surface area contributed by atoms with E-state index in [9.17, 15) is 0 Å². The van der Waals surface area contributed by atoms with Gasteiger partial charge in [0.25, 0.3) is 0 Å². The van der Waals surface area contributed by atoms with Crippen LogP contribution in [0.3, 0.4) is 0 Å². The molecule has 0 saturated heterocycles. The van der Waals surface area contributed by atoms with Crippen molar-refractivity contribution in [3.8, 4) is 11.5 Å². The van der Waals surface area contributed by atoms with Crippen LogP contribution in [0.25, 0.3) is 21.5 Å². The van der Waals surface area contributed by atoms with E-state index in [4.69, 9.17) is 4.74 Å². The lowest BCUT2D eigenvalue weighted by molar-refractivity contribution is 0.434. The highest BCUT2D eigenvalue weighted by atomic mass is 16.5. The first-order chi connectivity index (χ1) is 20.4. The maximum absolute atomic E-state index is 6.61. The maximum Gasteiger partial charge on any atom is 0.132 e. The molecule has 2 aliphatic rings. The first-order valence-corrected chi connectivity index (χ1v) is 14.1. The Labute approximate surface area is 238 Å². The first kappa shape index (κ1) is 22.5. The largest absolute Gasteiger partial charge is 0.457 e. The molecule has 0 saturated carbocycles. The topological polar surface area (TPSA) is 12.5 Å². The van der Waals surface area contributed by atoms with Crippen molar-refractivity contribution in [1.82, 2.24) is 0 Å². The van der Waals surface area contributed by atoms with Crippen LogP contribution in [0.1, 0.15) is 22.3 Å². The summed E-state index contributed by atoms with van der Waals surface area (Å²) in [6, 6.07) is 54.8. The van der Waals surface area contributed by atoms with E-state index in [1.807, 2.05) is 0 Å². The molecule has 0 fully saturated rings. The molecule has 0 aromatic heterocycles. The Bertz CT molecular complexity index is 2010. The van der Waals surface area contributed by atoms with E-state index in [-0.39, 0.29) is 0 Å². The highest BCUT2D eigenvalue weighted by Gasteiger charge is 2.51. The molecule has 1 spiro atoms. The Balaban J connectivity index is 1.57. The predicted molar refractivity (Wildman–Crippen MR) is 168 cm³/mol. The molecule has 7 aromatic rings. The van der Waals surface area contributed by atoms with Crippen molar-refractivity contribution in [3.05, 3.63) is 174 Å². The fourth-order valence-corrected chi connectivity index (χ4v) is 7.26. The van der Waals surface area contributed by atoms with Crippen LogP contribution >= 0.6 is 0 Å². The summed E-state index contributed by atoms with van der Waals surface area (Å²) in [5, 5.41) is 4.90. The summed E-state index contributed by atoms with van der Waals surface area (Å²) in [4.78, 5) is 2.50. The molecular weight excluding hydrogens is 498 g/mol. The van der Waals surface area contributed by atoms with E-state index in [1.165, 1.54) is 55.2 Å². The van der Waals surface area contributed by atoms with E-state index in [0.29, 0.717) is 0 Å². The summed E-state index contributed by atoms with van der Waals surface area (Å²) in [5.41, 5.74) is 7.84. The second-order valence-corrected chi connectivity index (χ2v) is 10.9. The van der Waals surface area contributed by atoms with Gasteiger partial charge in [-0.1, -0.05) is 127 Å². The zero-order valence-corrected chi connectivity index (χ0v) is 22.3. The number of rotatable bonds is 1. The van der Waals surface area contributed by atoms with Crippen molar-refractivity contribution < 1.29 is 4.74 Å². The molecule has 0 aliphatic carbocycles. The standard InChI is InChI=1S/C39H25NO/c1-2-14-28(15-3-1)40-37-29-16-6-4-12-26(29)22-24-33(37)39(34-25-23-27-13-5-7-17-30(27)38(34)40)31-18-8-10-20-35(31)41-36-21-11-9-19-32(36)39/h1-25H. The van der Waals surface area contributed by atoms with Crippen LogP contribution in [-0.2, 0) is 5.41 Å². The molecule has 0 radical (unpaired) electrons. The molecule has 2 nitrogen and oxygen atoms in total. The lowest BCUT2D eigenvalue weighted by Gasteiger charge is -2.49. The summed E-state index contributed by atoms with van der Waals surface area (Å²) in [5.74, 6) is 1.80. The van der Waals surface area contributed by atoms with E-state index in [1.54, 1.807) is 0 Å². The average molecular weight is 524 g/mol. The number of hydrogen-bond donors (Lipinski definition) is 0. The lowest BCUT2D eigenvalue weighted by Crippen LogP contribution is -2.40. The molecule has 2 heterocycles. The average Bonchev–Trinajstić information content (AvgIpc) is 3.05. The first-order valence-electron chi connectivity index (χ1n) is 14.1. The van der Waals surface area contributed by atoms with Gasteiger partial charge < -0.3 is 9.64 Å². The molecule has 41 heavy (non-hydrogen) atoms.